The Morgan fingerprint density at radius 1 is 0.258 bits per heavy atom. The molecule has 0 aliphatic carbocycles. The maximum Gasteiger partial charge on any atom is 0.416 e. The third kappa shape index (κ3) is 10.9. The summed E-state index contributed by atoms with van der Waals surface area (Å²) in [4.78, 5) is 30.1. The number of halogens is 9. The highest BCUT2D eigenvalue weighted by Crippen LogP contribution is 2.45. The van der Waals surface area contributed by atoms with Gasteiger partial charge in [-0.25, -0.2) is 29.9 Å². The van der Waals surface area contributed by atoms with E-state index in [-0.39, 0.29) is 27.6 Å². The van der Waals surface area contributed by atoms with Crippen molar-refractivity contribution in [1.82, 2.24) is 39.0 Å². The molecule has 0 aliphatic heterocycles. The van der Waals surface area contributed by atoms with E-state index in [1.165, 1.54) is 24.3 Å². The van der Waals surface area contributed by atoms with E-state index >= 15 is 0 Å². The van der Waals surface area contributed by atoms with Gasteiger partial charge >= 0.3 is 18.5 Å². The van der Waals surface area contributed by atoms with Crippen LogP contribution in [0.4, 0.5) is 39.5 Å². The van der Waals surface area contributed by atoms with Crippen LogP contribution in [0.2, 0.25) is 0 Å². The third-order valence-corrected chi connectivity index (χ3v) is 16.5. The summed E-state index contributed by atoms with van der Waals surface area (Å²) >= 11 is 0. The number of fused-ring (bicyclic) bond motifs is 6. The Kier molecular flexibility index (Phi) is 13.9. The van der Waals surface area contributed by atoms with Crippen LogP contribution in [0.1, 0.15) is 22.3 Å². The SMILES string of the molecule is Cc1ccc2c(c1)c1cc(C(F)(F)F)ccc1n2-c1ccc(-c2nc(-c3ccccc3)nc(-c3ccccc3)n2)cc1-c1cccc(-c2cc(-c3nc(-c4ccccc4)nc(-c4ccccc4)n3)cc(-n3c4ccc(C(F)(F)F)cc4c4cc(C(F)(F)F)ccc43)c2)c1. The number of rotatable bonds is 10. The first-order valence-corrected chi connectivity index (χ1v) is 29.4. The monoisotopic (exact) mass is 1240 g/mol. The Hall–Kier alpha value is -11.6. The minimum Gasteiger partial charge on any atom is -0.309 e. The Labute approximate surface area is 524 Å². The Morgan fingerprint density at radius 2 is 0.602 bits per heavy atom. The van der Waals surface area contributed by atoms with E-state index in [1.807, 2.05) is 200 Å². The summed E-state index contributed by atoms with van der Waals surface area (Å²) in [5, 5.41) is 0.850. The van der Waals surface area contributed by atoms with Gasteiger partial charge in [-0.05, 0) is 133 Å². The van der Waals surface area contributed by atoms with Crippen LogP contribution in [0.15, 0.2) is 255 Å². The van der Waals surface area contributed by atoms with Crippen LogP contribution in [0.3, 0.4) is 0 Å². The van der Waals surface area contributed by atoms with Gasteiger partial charge in [-0.1, -0.05) is 151 Å². The minimum absolute atomic E-state index is 0.0648. The van der Waals surface area contributed by atoms with Crippen molar-refractivity contribution < 1.29 is 39.5 Å². The van der Waals surface area contributed by atoms with Gasteiger partial charge in [-0.2, -0.15) is 39.5 Å². The summed E-state index contributed by atoms with van der Waals surface area (Å²) in [5.41, 5.74) is 6.56. The molecular formula is C76H45F9N8. The van der Waals surface area contributed by atoms with E-state index in [9.17, 15) is 39.5 Å². The van der Waals surface area contributed by atoms with Gasteiger partial charge in [0.2, 0.25) is 0 Å². The van der Waals surface area contributed by atoms with Crippen LogP contribution in [0, 0.1) is 6.92 Å². The number of hydrogen-bond donors (Lipinski definition) is 0. The van der Waals surface area contributed by atoms with Gasteiger partial charge in [0.25, 0.3) is 0 Å². The fourth-order valence-corrected chi connectivity index (χ4v) is 12.1. The van der Waals surface area contributed by atoms with Crippen molar-refractivity contribution in [2.75, 3.05) is 0 Å². The van der Waals surface area contributed by atoms with Crippen LogP contribution >= 0.6 is 0 Å². The molecule has 0 spiro atoms. The Morgan fingerprint density at radius 3 is 1.03 bits per heavy atom. The van der Waals surface area contributed by atoms with Gasteiger partial charge in [-0.15, -0.1) is 0 Å². The van der Waals surface area contributed by atoms with E-state index in [0.717, 1.165) is 47.0 Å². The predicted molar refractivity (Wildman–Crippen MR) is 345 cm³/mol. The standard InChI is InChI=1S/C76H45F9N8/c1-44-25-30-66-59(35-44)60-41-56(76(83,84)85)29-34-67(60)93(66)63-31-26-51(72-88-68(45-15-6-2-7-16-45)86-69(89-72)46-17-8-3-9-18-46)40-58(63)50-24-14-23-49(36-50)52-37-53(73-90-70(47-19-10-4-11-20-47)87-71(91-73)48-21-12-5-13-22-48)39-57(38-52)92-64-32-27-54(74(77,78)79)42-61(64)62-43-55(75(80,81)82)28-33-65(62)92/h2-43H,1H3. The van der Waals surface area contributed by atoms with Crippen LogP contribution in [0.25, 0.3) is 146 Å². The molecule has 4 aromatic heterocycles. The summed E-state index contributed by atoms with van der Waals surface area (Å²) < 4.78 is 135. The number of alkyl halides is 9. The molecule has 17 heteroatoms. The fourth-order valence-electron chi connectivity index (χ4n) is 12.1. The van der Waals surface area contributed by atoms with Gasteiger partial charge in [0.15, 0.2) is 34.9 Å². The molecule has 93 heavy (non-hydrogen) atoms. The first-order chi connectivity index (χ1) is 44.9. The lowest BCUT2D eigenvalue weighted by Gasteiger charge is -2.18. The molecule has 15 aromatic rings. The summed E-state index contributed by atoms with van der Waals surface area (Å²) in [5.74, 6) is 2.02. The zero-order valence-electron chi connectivity index (χ0n) is 48.7. The predicted octanol–water partition coefficient (Wildman–Crippen LogP) is 21.0. The summed E-state index contributed by atoms with van der Waals surface area (Å²) in [6, 6.07) is 71.7. The summed E-state index contributed by atoms with van der Waals surface area (Å²) in [7, 11) is 0. The largest absolute Gasteiger partial charge is 0.416 e. The number of hydrogen-bond acceptors (Lipinski definition) is 6. The van der Waals surface area contributed by atoms with E-state index in [0.29, 0.717) is 107 Å². The molecule has 0 saturated carbocycles. The van der Waals surface area contributed by atoms with Crippen molar-refractivity contribution in [3.63, 3.8) is 0 Å². The maximum absolute atomic E-state index is 14.6. The van der Waals surface area contributed by atoms with E-state index in [4.69, 9.17) is 29.9 Å². The smallest absolute Gasteiger partial charge is 0.309 e. The average Bonchev–Trinajstić information content (AvgIpc) is 1.61. The zero-order chi connectivity index (χ0) is 63.9. The van der Waals surface area contributed by atoms with Gasteiger partial charge < -0.3 is 9.13 Å². The van der Waals surface area contributed by atoms with Gasteiger partial charge in [0.1, 0.15) is 0 Å². The topological polar surface area (TPSA) is 87.2 Å². The number of nitrogens with zero attached hydrogens (tertiary/aromatic N) is 8. The van der Waals surface area contributed by atoms with Crippen molar-refractivity contribution in [2.24, 2.45) is 0 Å². The minimum atomic E-state index is -4.83. The molecule has 0 unspecified atom stereocenters. The highest BCUT2D eigenvalue weighted by molar-refractivity contribution is 6.11. The van der Waals surface area contributed by atoms with Gasteiger partial charge in [0.05, 0.1) is 44.4 Å². The molecular weight excluding hydrogens is 1200 g/mol. The third-order valence-electron chi connectivity index (χ3n) is 16.5. The molecule has 0 aliphatic rings. The summed E-state index contributed by atoms with van der Waals surface area (Å²) in [6.45, 7) is 1.88. The fraction of sp³-hybridized carbons (Fsp3) is 0.0526. The highest BCUT2D eigenvalue weighted by atomic mass is 19.4. The van der Waals surface area contributed by atoms with Crippen LogP contribution in [-0.4, -0.2) is 39.0 Å². The number of aryl methyl sites for hydroxylation is 1. The lowest BCUT2D eigenvalue weighted by atomic mass is 9.95. The molecule has 452 valence electrons. The van der Waals surface area contributed by atoms with Crippen molar-refractivity contribution in [1.29, 1.82) is 0 Å². The molecule has 15 rings (SSSR count). The number of aromatic nitrogens is 8. The normalized spacial score (nSPS) is 12.2. The van der Waals surface area contributed by atoms with E-state index in [2.05, 4.69) is 0 Å². The summed E-state index contributed by atoms with van der Waals surface area (Å²) in [6.07, 6.45) is -14.3. The van der Waals surface area contributed by atoms with Gasteiger partial charge in [-0.3, -0.25) is 0 Å². The van der Waals surface area contributed by atoms with Crippen LogP contribution in [0.5, 0.6) is 0 Å². The van der Waals surface area contributed by atoms with Crippen molar-refractivity contribution in [3.8, 4) is 102 Å². The molecule has 0 amide bonds. The Bertz CT molecular complexity index is 5230. The first-order valence-electron chi connectivity index (χ1n) is 29.4. The molecule has 0 fully saturated rings. The van der Waals surface area contributed by atoms with Gasteiger partial charge in [0, 0.05) is 66.2 Å². The molecule has 8 nitrogen and oxygen atoms in total. The van der Waals surface area contributed by atoms with E-state index in [1.54, 1.807) is 16.7 Å². The lowest BCUT2D eigenvalue weighted by Crippen LogP contribution is -2.04. The first kappa shape index (κ1) is 57.8. The molecule has 0 saturated heterocycles. The lowest BCUT2D eigenvalue weighted by molar-refractivity contribution is -0.138. The van der Waals surface area contributed by atoms with E-state index < -0.39 is 35.2 Å². The van der Waals surface area contributed by atoms with Crippen molar-refractivity contribution >= 4 is 43.6 Å². The van der Waals surface area contributed by atoms with Crippen molar-refractivity contribution in [2.45, 2.75) is 25.5 Å². The average molecular weight is 1240 g/mol. The molecule has 0 bridgehead atoms. The van der Waals surface area contributed by atoms with Crippen molar-refractivity contribution in [3.05, 3.63) is 277 Å². The second kappa shape index (κ2) is 22.4. The molecule has 4 heterocycles. The van der Waals surface area contributed by atoms with Crippen LogP contribution in [-0.2, 0) is 18.5 Å². The highest BCUT2D eigenvalue weighted by Gasteiger charge is 2.35. The van der Waals surface area contributed by atoms with Crippen LogP contribution < -0.4 is 0 Å². The quantitative estimate of drug-likeness (QED) is 0.127. The second-order valence-corrected chi connectivity index (χ2v) is 22.5. The molecule has 0 N–H and O–H groups in total. The number of benzene rings is 11. The molecule has 0 radical (unpaired) electrons. The molecule has 0 atom stereocenters. The molecule has 11 aromatic carbocycles. The Balaban J connectivity index is 0.997. The zero-order valence-corrected chi connectivity index (χ0v) is 48.7. The second-order valence-electron chi connectivity index (χ2n) is 22.5. The maximum atomic E-state index is 14.6.